The first kappa shape index (κ1) is 18.7. The summed E-state index contributed by atoms with van der Waals surface area (Å²) < 4.78 is 5.07. The van der Waals surface area contributed by atoms with E-state index in [1.165, 1.54) is 64.4 Å². The molecule has 0 aliphatic heterocycles. The Morgan fingerprint density at radius 3 is 2.00 bits per heavy atom. The van der Waals surface area contributed by atoms with E-state index in [4.69, 9.17) is 0 Å². The molecular weight excluding hydrogens is 418 g/mol. The van der Waals surface area contributed by atoms with Gasteiger partial charge in [-0.05, 0) is 66.6 Å². The fourth-order valence-electron chi connectivity index (χ4n) is 5.03. The van der Waals surface area contributed by atoms with Crippen LogP contribution in [0.2, 0.25) is 0 Å². The average Bonchev–Trinajstić information content (AvgIpc) is 3.39. The number of para-hydroxylation sites is 1. The molecule has 0 atom stereocenters. The molecule has 7 aromatic rings. The van der Waals surface area contributed by atoms with Crippen molar-refractivity contribution >= 4 is 53.3 Å². The molecule has 0 aliphatic carbocycles. The van der Waals surface area contributed by atoms with Gasteiger partial charge in [-0.2, -0.15) is 0 Å². The lowest BCUT2D eigenvalue weighted by Gasteiger charge is -2.09. The molecule has 0 spiro atoms. The summed E-state index contributed by atoms with van der Waals surface area (Å²) in [4.78, 5) is 0. The van der Waals surface area contributed by atoms with Gasteiger partial charge in [-0.25, -0.2) is 0 Å². The zero-order chi connectivity index (χ0) is 21.9. The van der Waals surface area contributed by atoms with E-state index in [2.05, 4.69) is 121 Å². The zero-order valence-electron chi connectivity index (χ0n) is 18.2. The number of thiophene rings is 1. The highest BCUT2D eigenvalue weighted by molar-refractivity contribution is 7.25. The van der Waals surface area contributed by atoms with Crippen LogP contribution in [0.1, 0.15) is 5.56 Å². The third-order valence-electron chi connectivity index (χ3n) is 6.67. The first-order valence-electron chi connectivity index (χ1n) is 11.3. The predicted molar refractivity (Wildman–Crippen MR) is 144 cm³/mol. The third kappa shape index (κ3) is 2.84. The maximum Gasteiger partial charge on any atom is 0.0541 e. The Hall–Kier alpha value is -3.88. The van der Waals surface area contributed by atoms with Gasteiger partial charge in [0.25, 0.3) is 0 Å². The molecule has 0 saturated carbocycles. The molecule has 0 unspecified atom stereocenters. The van der Waals surface area contributed by atoms with Crippen LogP contribution in [0.25, 0.3) is 58.8 Å². The second-order valence-corrected chi connectivity index (χ2v) is 9.81. The summed E-state index contributed by atoms with van der Waals surface area (Å²) in [7, 11) is 0. The average molecular weight is 440 g/mol. The van der Waals surface area contributed by atoms with Crippen molar-refractivity contribution in [2.24, 2.45) is 0 Å². The van der Waals surface area contributed by atoms with Crippen molar-refractivity contribution < 1.29 is 0 Å². The molecule has 0 fully saturated rings. The fourth-order valence-corrected chi connectivity index (χ4v) is 6.12. The molecule has 2 heteroatoms. The molecule has 5 aromatic carbocycles. The molecule has 0 N–H and O–H groups in total. The van der Waals surface area contributed by atoms with Gasteiger partial charge in [0.1, 0.15) is 0 Å². The van der Waals surface area contributed by atoms with Crippen LogP contribution in [0.3, 0.4) is 0 Å². The van der Waals surface area contributed by atoms with Gasteiger partial charge >= 0.3 is 0 Å². The SMILES string of the molecule is Cc1ccc(-n2c3ccccc3c3cc(-c4ccc5sc6ccccc6c5c4)ccc32)cc1. The molecule has 33 heavy (non-hydrogen) atoms. The highest BCUT2D eigenvalue weighted by Crippen LogP contribution is 2.38. The Labute approximate surface area is 196 Å². The lowest BCUT2D eigenvalue weighted by atomic mass is 10.0. The van der Waals surface area contributed by atoms with E-state index in [9.17, 15) is 0 Å². The lowest BCUT2D eigenvalue weighted by molar-refractivity contribution is 1.17. The number of aromatic nitrogens is 1. The summed E-state index contributed by atoms with van der Waals surface area (Å²) in [5.74, 6) is 0. The predicted octanol–water partition coefficient (Wildman–Crippen LogP) is 9.13. The van der Waals surface area contributed by atoms with Gasteiger partial charge in [-0.3, -0.25) is 0 Å². The smallest absolute Gasteiger partial charge is 0.0541 e. The van der Waals surface area contributed by atoms with Crippen LogP contribution in [0.5, 0.6) is 0 Å². The largest absolute Gasteiger partial charge is 0.309 e. The fraction of sp³-hybridized carbons (Fsp3) is 0.0323. The molecule has 2 aromatic heterocycles. The Balaban J connectivity index is 1.47. The molecule has 0 radical (unpaired) electrons. The van der Waals surface area contributed by atoms with E-state index in [0.29, 0.717) is 0 Å². The van der Waals surface area contributed by atoms with Crippen molar-refractivity contribution in [2.45, 2.75) is 6.92 Å². The highest BCUT2D eigenvalue weighted by atomic mass is 32.1. The van der Waals surface area contributed by atoms with Crippen molar-refractivity contribution in [3.05, 3.63) is 115 Å². The first-order chi connectivity index (χ1) is 16.3. The van der Waals surface area contributed by atoms with Crippen LogP contribution < -0.4 is 0 Å². The number of rotatable bonds is 2. The molecule has 0 aliphatic rings. The van der Waals surface area contributed by atoms with Gasteiger partial charge in [-0.15, -0.1) is 11.3 Å². The molecule has 0 amide bonds. The van der Waals surface area contributed by atoms with Gasteiger partial charge < -0.3 is 4.57 Å². The molecule has 1 nitrogen and oxygen atoms in total. The molecule has 2 heterocycles. The van der Waals surface area contributed by atoms with Crippen molar-refractivity contribution in [1.82, 2.24) is 4.57 Å². The molecule has 0 bridgehead atoms. The Morgan fingerprint density at radius 1 is 0.515 bits per heavy atom. The number of hydrogen-bond donors (Lipinski definition) is 0. The standard InChI is InChI=1S/C31H21NS/c1-20-10-14-23(15-11-20)32-28-8-4-2-6-24(28)26-18-21(12-16-29(26)32)22-13-17-31-27(19-22)25-7-3-5-9-30(25)33-31/h2-19H,1H3. The summed E-state index contributed by atoms with van der Waals surface area (Å²) in [6.45, 7) is 2.13. The van der Waals surface area contributed by atoms with Crippen molar-refractivity contribution in [2.75, 3.05) is 0 Å². The second-order valence-electron chi connectivity index (χ2n) is 8.73. The normalized spacial score (nSPS) is 11.8. The topological polar surface area (TPSA) is 4.93 Å². The van der Waals surface area contributed by atoms with Gasteiger partial charge in [0.15, 0.2) is 0 Å². The van der Waals surface area contributed by atoms with Crippen molar-refractivity contribution in [3.63, 3.8) is 0 Å². The Morgan fingerprint density at radius 2 is 1.15 bits per heavy atom. The van der Waals surface area contributed by atoms with E-state index < -0.39 is 0 Å². The zero-order valence-corrected chi connectivity index (χ0v) is 19.1. The van der Waals surface area contributed by atoms with E-state index >= 15 is 0 Å². The van der Waals surface area contributed by atoms with E-state index in [-0.39, 0.29) is 0 Å². The van der Waals surface area contributed by atoms with Crippen LogP contribution >= 0.6 is 11.3 Å². The Kier molecular flexibility index (Phi) is 3.99. The molecule has 156 valence electrons. The number of nitrogens with zero attached hydrogens (tertiary/aromatic N) is 1. The van der Waals surface area contributed by atoms with Gasteiger partial charge in [0, 0.05) is 36.6 Å². The van der Waals surface area contributed by atoms with Gasteiger partial charge in [0.05, 0.1) is 11.0 Å². The van der Waals surface area contributed by atoms with Gasteiger partial charge in [0.2, 0.25) is 0 Å². The summed E-state index contributed by atoms with van der Waals surface area (Å²) in [5, 5.41) is 5.27. The lowest BCUT2D eigenvalue weighted by Crippen LogP contribution is -1.93. The van der Waals surface area contributed by atoms with Crippen LogP contribution in [-0.2, 0) is 0 Å². The monoisotopic (exact) mass is 439 g/mol. The third-order valence-corrected chi connectivity index (χ3v) is 7.83. The Bertz CT molecular complexity index is 1820. The minimum Gasteiger partial charge on any atom is -0.309 e. The maximum absolute atomic E-state index is 2.38. The van der Waals surface area contributed by atoms with Crippen LogP contribution in [0.15, 0.2) is 109 Å². The molecule has 0 saturated heterocycles. The van der Waals surface area contributed by atoms with Crippen LogP contribution in [-0.4, -0.2) is 4.57 Å². The first-order valence-corrected chi connectivity index (χ1v) is 12.1. The quantitative estimate of drug-likeness (QED) is 0.253. The number of benzene rings is 5. The van der Waals surface area contributed by atoms with Crippen molar-refractivity contribution in [3.8, 4) is 16.8 Å². The summed E-state index contributed by atoms with van der Waals surface area (Å²) in [6.07, 6.45) is 0. The number of hydrogen-bond acceptors (Lipinski definition) is 1. The van der Waals surface area contributed by atoms with Crippen LogP contribution in [0.4, 0.5) is 0 Å². The molecule has 7 rings (SSSR count). The molecular formula is C31H21NS. The van der Waals surface area contributed by atoms with Crippen molar-refractivity contribution in [1.29, 1.82) is 0 Å². The number of fused-ring (bicyclic) bond motifs is 6. The van der Waals surface area contributed by atoms with E-state index in [1.807, 2.05) is 11.3 Å². The second kappa shape index (κ2) is 7.06. The van der Waals surface area contributed by atoms with E-state index in [1.54, 1.807) is 0 Å². The highest BCUT2D eigenvalue weighted by Gasteiger charge is 2.13. The summed E-state index contributed by atoms with van der Waals surface area (Å²) in [6, 6.07) is 40.0. The summed E-state index contributed by atoms with van der Waals surface area (Å²) >= 11 is 1.87. The van der Waals surface area contributed by atoms with Crippen LogP contribution in [0, 0.1) is 6.92 Å². The van der Waals surface area contributed by atoms with Gasteiger partial charge in [-0.1, -0.05) is 66.2 Å². The number of aryl methyl sites for hydroxylation is 1. The minimum absolute atomic E-state index is 1.20. The van der Waals surface area contributed by atoms with E-state index in [0.717, 1.165) is 0 Å². The summed E-state index contributed by atoms with van der Waals surface area (Å²) in [5.41, 5.74) is 7.48. The maximum atomic E-state index is 2.38. The minimum atomic E-state index is 1.20.